The molecular weight excluding hydrogens is 427 g/mol. The summed E-state index contributed by atoms with van der Waals surface area (Å²) >= 11 is 0. The second-order valence-corrected chi connectivity index (χ2v) is 10.2. The minimum absolute atomic E-state index is 0.150. The molecule has 0 heterocycles. The summed E-state index contributed by atoms with van der Waals surface area (Å²) in [5, 5.41) is 0. The van der Waals surface area contributed by atoms with Gasteiger partial charge in [-0.25, -0.2) is 4.39 Å². The highest BCUT2D eigenvalue weighted by Crippen LogP contribution is 2.50. The second kappa shape index (κ2) is 9.30. The summed E-state index contributed by atoms with van der Waals surface area (Å²) in [4.78, 5) is 12.9. The molecule has 3 aliphatic carbocycles. The van der Waals surface area contributed by atoms with E-state index in [9.17, 15) is 26.7 Å². The van der Waals surface area contributed by atoms with Gasteiger partial charge in [0.05, 0.1) is 11.5 Å². The van der Waals surface area contributed by atoms with E-state index in [-0.39, 0.29) is 5.92 Å². The van der Waals surface area contributed by atoms with Gasteiger partial charge in [-0.15, -0.1) is 0 Å². The molecule has 4 unspecified atom stereocenters. The average molecular weight is 459 g/mol. The van der Waals surface area contributed by atoms with Gasteiger partial charge in [-0.1, -0.05) is 32.6 Å². The molecule has 3 saturated carbocycles. The molecular formula is C25H31F5O2. The highest BCUT2D eigenvalue weighted by Gasteiger charge is 2.44. The molecule has 0 amide bonds. The van der Waals surface area contributed by atoms with Crippen molar-refractivity contribution in [1.82, 2.24) is 0 Å². The van der Waals surface area contributed by atoms with E-state index in [1.54, 1.807) is 0 Å². The van der Waals surface area contributed by atoms with E-state index in [4.69, 9.17) is 4.74 Å². The zero-order valence-electron chi connectivity index (χ0n) is 18.4. The van der Waals surface area contributed by atoms with Gasteiger partial charge in [0.15, 0.2) is 11.6 Å². The van der Waals surface area contributed by atoms with Crippen molar-refractivity contribution in [2.45, 2.75) is 77.3 Å². The van der Waals surface area contributed by atoms with Gasteiger partial charge in [-0.2, -0.15) is 17.6 Å². The van der Waals surface area contributed by atoms with Gasteiger partial charge in [0.25, 0.3) is 0 Å². The number of halogens is 5. The average Bonchev–Trinajstić information content (AvgIpc) is 2.75. The van der Waals surface area contributed by atoms with Crippen molar-refractivity contribution in [1.29, 1.82) is 0 Å². The van der Waals surface area contributed by atoms with Crippen molar-refractivity contribution in [3.8, 4) is 5.75 Å². The molecule has 1 aromatic carbocycles. The minimum Gasteiger partial charge on any atom is -0.423 e. The van der Waals surface area contributed by atoms with Crippen LogP contribution in [-0.2, 0) is 11.0 Å². The minimum atomic E-state index is -5.01. The maximum Gasteiger partial charge on any atom is 0.419 e. The van der Waals surface area contributed by atoms with Crippen LogP contribution in [0.2, 0.25) is 0 Å². The first-order chi connectivity index (χ1) is 15.1. The number of carbonyl (C=O) groups is 1. The van der Waals surface area contributed by atoms with Gasteiger partial charge in [-0.3, -0.25) is 4.79 Å². The molecule has 0 spiro atoms. The first-order valence-corrected chi connectivity index (χ1v) is 11.9. The Morgan fingerprint density at radius 2 is 1.56 bits per heavy atom. The zero-order valence-corrected chi connectivity index (χ0v) is 18.4. The van der Waals surface area contributed by atoms with Crippen LogP contribution < -0.4 is 4.74 Å². The third kappa shape index (κ3) is 4.81. The Bertz CT molecular complexity index is 828. The predicted octanol–water partition coefficient (Wildman–Crippen LogP) is 7.55. The fourth-order valence-corrected chi connectivity index (χ4v) is 6.49. The van der Waals surface area contributed by atoms with Crippen molar-refractivity contribution in [3.63, 3.8) is 0 Å². The molecule has 4 rings (SSSR count). The number of hydrogen-bond donors (Lipinski definition) is 0. The molecule has 0 radical (unpaired) electrons. The van der Waals surface area contributed by atoms with E-state index in [0.717, 1.165) is 43.9 Å². The lowest BCUT2D eigenvalue weighted by Crippen LogP contribution is -2.40. The van der Waals surface area contributed by atoms with Gasteiger partial charge < -0.3 is 4.74 Å². The van der Waals surface area contributed by atoms with Crippen LogP contribution in [0.15, 0.2) is 12.1 Å². The van der Waals surface area contributed by atoms with E-state index < -0.39 is 41.0 Å². The lowest BCUT2D eigenvalue weighted by molar-refractivity contribution is -0.144. The number of fused-ring (bicyclic) bond motifs is 1. The van der Waals surface area contributed by atoms with Gasteiger partial charge in [-0.05, 0) is 80.2 Å². The highest BCUT2D eigenvalue weighted by atomic mass is 19.4. The summed E-state index contributed by atoms with van der Waals surface area (Å²) in [5.74, 6) is -2.79. The fraction of sp³-hybridized carbons (Fsp3) is 0.720. The van der Waals surface area contributed by atoms with Gasteiger partial charge in [0.2, 0.25) is 5.82 Å². The van der Waals surface area contributed by atoms with Crippen molar-refractivity contribution >= 4 is 5.97 Å². The lowest BCUT2D eigenvalue weighted by Gasteiger charge is -2.45. The summed E-state index contributed by atoms with van der Waals surface area (Å²) in [7, 11) is 0. The van der Waals surface area contributed by atoms with Crippen LogP contribution in [0, 0.1) is 47.1 Å². The molecule has 0 aliphatic heterocycles. The number of esters is 1. The zero-order chi connectivity index (χ0) is 23.0. The number of hydrogen-bond acceptors (Lipinski definition) is 2. The Kier molecular flexibility index (Phi) is 6.83. The van der Waals surface area contributed by atoms with Gasteiger partial charge >= 0.3 is 12.1 Å². The van der Waals surface area contributed by atoms with E-state index >= 15 is 0 Å². The maximum atomic E-state index is 14.2. The fourth-order valence-electron chi connectivity index (χ4n) is 6.49. The quantitative estimate of drug-likeness (QED) is 0.266. The van der Waals surface area contributed by atoms with Crippen molar-refractivity contribution in [3.05, 3.63) is 29.3 Å². The van der Waals surface area contributed by atoms with Crippen LogP contribution in [0.25, 0.3) is 0 Å². The van der Waals surface area contributed by atoms with Crippen molar-refractivity contribution in [2.24, 2.45) is 35.5 Å². The van der Waals surface area contributed by atoms with Crippen LogP contribution in [0.1, 0.15) is 76.7 Å². The Morgan fingerprint density at radius 1 is 0.875 bits per heavy atom. The molecule has 1 aromatic rings. The standard InChI is InChI=1S/C25H31F5O2/c1-14-5-7-15(8-6-14)16-9-10-18-17(13-16)3-2-4-19(18)24(31)32-21-12-11-20(25(28,29)30)22(26)23(21)27/h11-12,14-19H,2-10,13H2,1H3. The summed E-state index contributed by atoms with van der Waals surface area (Å²) in [6.45, 7) is 2.32. The van der Waals surface area contributed by atoms with Gasteiger partial charge in [0, 0.05) is 0 Å². The number of rotatable bonds is 3. The molecule has 7 heteroatoms. The largest absolute Gasteiger partial charge is 0.423 e. The molecule has 0 aromatic heterocycles. The maximum absolute atomic E-state index is 14.2. The SMILES string of the molecule is CC1CCC(C2CCC3C(CCCC3C(=O)Oc3ccc(C(F)(F)F)c(F)c3F)C2)CC1. The molecule has 0 N–H and O–H groups in total. The first-order valence-electron chi connectivity index (χ1n) is 11.9. The van der Waals surface area contributed by atoms with E-state index in [1.807, 2.05) is 0 Å². The topological polar surface area (TPSA) is 26.3 Å². The molecule has 32 heavy (non-hydrogen) atoms. The molecule has 178 valence electrons. The molecule has 2 nitrogen and oxygen atoms in total. The second-order valence-electron chi connectivity index (χ2n) is 10.2. The van der Waals surface area contributed by atoms with Crippen molar-refractivity contribution in [2.75, 3.05) is 0 Å². The number of alkyl halides is 3. The monoisotopic (exact) mass is 458 g/mol. The Labute approximate surface area is 185 Å². The lowest BCUT2D eigenvalue weighted by atomic mass is 9.59. The third-order valence-electron chi connectivity index (χ3n) is 8.28. The summed E-state index contributed by atoms with van der Waals surface area (Å²) in [6, 6.07) is 1.11. The van der Waals surface area contributed by atoms with E-state index in [0.29, 0.717) is 30.4 Å². The smallest absolute Gasteiger partial charge is 0.419 e. The number of ether oxygens (including phenoxy) is 1. The predicted molar refractivity (Wildman–Crippen MR) is 110 cm³/mol. The molecule has 3 fully saturated rings. The van der Waals surface area contributed by atoms with Gasteiger partial charge in [0.1, 0.15) is 0 Å². The molecule has 4 atom stereocenters. The van der Waals surface area contributed by atoms with E-state index in [2.05, 4.69) is 6.92 Å². The van der Waals surface area contributed by atoms with Crippen LogP contribution >= 0.6 is 0 Å². The summed E-state index contributed by atoms with van der Waals surface area (Å²) in [6.07, 6.45) is 5.81. The number of carbonyl (C=O) groups excluding carboxylic acids is 1. The van der Waals surface area contributed by atoms with Crippen molar-refractivity contribution < 1.29 is 31.5 Å². The summed E-state index contributed by atoms with van der Waals surface area (Å²) < 4.78 is 71.5. The molecule has 0 saturated heterocycles. The Balaban J connectivity index is 1.41. The van der Waals surface area contributed by atoms with Crippen LogP contribution in [0.3, 0.4) is 0 Å². The summed E-state index contributed by atoms with van der Waals surface area (Å²) in [5.41, 5.74) is -1.71. The Morgan fingerprint density at radius 3 is 2.25 bits per heavy atom. The number of benzene rings is 1. The van der Waals surface area contributed by atoms with Crippen LogP contribution in [-0.4, -0.2) is 5.97 Å². The molecule has 0 bridgehead atoms. The normalized spacial score (nSPS) is 33.4. The Hall–Kier alpha value is -1.66. The molecule has 3 aliphatic rings. The van der Waals surface area contributed by atoms with E-state index in [1.165, 1.54) is 25.7 Å². The first kappa shape index (κ1) is 23.5. The highest BCUT2D eigenvalue weighted by molar-refractivity contribution is 5.75. The third-order valence-corrected chi connectivity index (χ3v) is 8.28. The van der Waals surface area contributed by atoms with Crippen LogP contribution in [0.4, 0.5) is 22.0 Å². The van der Waals surface area contributed by atoms with Crippen LogP contribution in [0.5, 0.6) is 5.75 Å².